The van der Waals surface area contributed by atoms with E-state index in [9.17, 15) is 23.3 Å². The number of sulfonamides is 1. The highest BCUT2D eigenvalue weighted by Gasteiger charge is 2.15. The number of non-ortho nitro benzene ring substituents is 1. The smallest absolute Gasteiger partial charge is 0.269 e. The summed E-state index contributed by atoms with van der Waals surface area (Å²) in [6.45, 7) is 0.00574. The van der Waals surface area contributed by atoms with Gasteiger partial charge in [0.25, 0.3) is 11.6 Å². The molecule has 0 spiro atoms. The molecule has 1 amide bonds. The lowest BCUT2D eigenvalue weighted by molar-refractivity contribution is -0.384. The number of halogens is 1. The Bertz CT molecular complexity index is 884. The minimum absolute atomic E-state index is 0.0461. The highest BCUT2D eigenvalue weighted by molar-refractivity contribution is 7.89. The first kappa shape index (κ1) is 18.8. The first-order valence-corrected chi connectivity index (χ1v) is 8.94. The van der Waals surface area contributed by atoms with Crippen molar-refractivity contribution in [2.75, 3.05) is 13.1 Å². The first-order valence-electron chi connectivity index (χ1n) is 7.08. The number of nitro benzene ring substituents is 1. The molecule has 8 nitrogen and oxygen atoms in total. The van der Waals surface area contributed by atoms with Crippen molar-refractivity contribution in [3.8, 4) is 0 Å². The van der Waals surface area contributed by atoms with Crippen molar-refractivity contribution in [3.05, 3.63) is 69.2 Å². The topological polar surface area (TPSA) is 118 Å². The quantitative estimate of drug-likeness (QED) is 0.430. The Hall–Kier alpha value is -2.49. The number of nitrogens with one attached hydrogen (secondary N) is 2. The normalized spacial score (nSPS) is 11.1. The van der Waals surface area contributed by atoms with Crippen LogP contribution in [0.5, 0.6) is 0 Å². The Balaban J connectivity index is 1.89. The summed E-state index contributed by atoms with van der Waals surface area (Å²) in [6.07, 6.45) is 0. The fourth-order valence-electron chi connectivity index (χ4n) is 1.93. The van der Waals surface area contributed by atoms with Crippen LogP contribution in [0.4, 0.5) is 5.69 Å². The van der Waals surface area contributed by atoms with Crippen LogP contribution in [0.2, 0.25) is 5.02 Å². The molecule has 0 atom stereocenters. The summed E-state index contributed by atoms with van der Waals surface area (Å²) in [6, 6.07) is 11.0. The zero-order valence-corrected chi connectivity index (χ0v) is 14.4. The number of nitrogens with zero attached hydrogens (tertiary/aromatic N) is 1. The SMILES string of the molecule is O=C(NCCNS(=O)(=O)c1ccc([N+](=O)[O-])cc1)c1ccccc1Cl. The molecule has 2 aromatic carbocycles. The molecule has 0 radical (unpaired) electrons. The fourth-order valence-corrected chi connectivity index (χ4v) is 3.19. The van der Waals surface area contributed by atoms with Gasteiger partial charge in [0.1, 0.15) is 0 Å². The van der Waals surface area contributed by atoms with Crippen LogP contribution < -0.4 is 10.0 Å². The third kappa shape index (κ3) is 4.99. The number of hydrogen-bond acceptors (Lipinski definition) is 5. The van der Waals surface area contributed by atoms with Crippen LogP contribution in [0.1, 0.15) is 10.4 Å². The van der Waals surface area contributed by atoms with E-state index in [0.29, 0.717) is 10.6 Å². The average molecular weight is 384 g/mol. The van der Waals surface area contributed by atoms with Crippen molar-refractivity contribution in [1.29, 1.82) is 0 Å². The second kappa shape index (κ2) is 8.06. The highest BCUT2D eigenvalue weighted by atomic mass is 35.5. The molecule has 2 aromatic rings. The third-order valence-corrected chi connectivity index (χ3v) is 4.99. The molecular weight excluding hydrogens is 370 g/mol. The van der Waals surface area contributed by atoms with Crippen LogP contribution in [0, 0.1) is 10.1 Å². The second-order valence-electron chi connectivity index (χ2n) is 4.88. The monoisotopic (exact) mass is 383 g/mol. The summed E-state index contributed by atoms with van der Waals surface area (Å²) in [7, 11) is -3.82. The lowest BCUT2D eigenvalue weighted by Gasteiger charge is -2.09. The van der Waals surface area contributed by atoms with Gasteiger partial charge in [-0.2, -0.15) is 0 Å². The predicted molar refractivity (Wildman–Crippen MR) is 92.1 cm³/mol. The van der Waals surface area contributed by atoms with Crippen LogP contribution in [0.3, 0.4) is 0 Å². The summed E-state index contributed by atoms with van der Waals surface area (Å²) in [5.41, 5.74) is 0.0911. The number of hydrogen-bond donors (Lipinski definition) is 2. The average Bonchev–Trinajstić information content (AvgIpc) is 2.59. The zero-order valence-electron chi connectivity index (χ0n) is 12.8. The maximum atomic E-state index is 12.1. The van der Waals surface area contributed by atoms with Crippen LogP contribution in [-0.4, -0.2) is 32.3 Å². The Labute approximate surface area is 149 Å². The molecule has 2 rings (SSSR count). The molecule has 0 aliphatic carbocycles. The van der Waals surface area contributed by atoms with Gasteiger partial charge in [-0.05, 0) is 24.3 Å². The Morgan fingerprint density at radius 1 is 1.08 bits per heavy atom. The molecule has 132 valence electrons. The van der Waals surface area contributed by atoms with E-state index in [2.05, 4.69) is 10.0 Å². The van der Waals surface area contributed by atoms with E-state index in [1.165, 1.54) is 0 Å². The number of benzene rings is 2. The number of amides is 1. The Morgan fingerprint density at radius 3 is 2.32 bits per heavy atom. The lowest BCUT2D eigenvalue weighted by Crippen LogP contribution is -2.34. The summed E-state index contributed by atoms with van der Waals surface area (Å²) in [4.78, 5) is 21.8. The second-order valence-corrected chi connectivity index (χ2v) is 7.06. The van der Waals surface area contributed by atoms with E-state index in [4.69, 9.17) is 11.6 Å². The maximum absolute atomic E-state index is 12.1. The van der Waals surface area contributed by atoms with Gasteiger partial charge in [0.05, 0.1) is 20.4 Å². The van der Waals surface area contributed by atoms with Crippen molar-refractivity contribution < 1.29 is 18.1 Å². The first-order chi connectivity index (χ1) is 11.8. The molecule has 25 heavy (non-hydrogen) atoms. The van der Waals surface area contributed by atoms with E-state index in [1.54, 1.807) is 24.3 Å². The van der Waals surface area contributed by atoms with Crippen LogP contribution in [0.25, 0.3) is 0 Å². The number of nitro groups is 1. The van der Waals surface area contributed by atoms with Gasteiger partial charge in [-0.1, -0.05) is 23.7 Å². The molecule has 0 aromatic heterocycles. The van der Waals surface area contributed by atoms with E-state index in [0.717, 1.165) is 24.3 Å². The van der Waals surface area contributed by atoms with Gasteiger partial charge in [0.2, 0.25) is 10.0 Å². The van der Waals surface area contributed by atoms with Crippen LogP contribution in [0.15, 0.2) is 53.4 Å². The van der Waals surface area contributed by atoms with Gasteiger partial charge in [-0.25, -0.2) is 13.1 Å². The van der Waals surface area contributed by atoms with Gasteiger partial charge in [0, 0.05) is 25.2 Å². The largest absolute Gasteiger partial charge is 0.351 e. The number of carbonyl (C=O) groups excluding carboxylic acids is 1. The highest BCUT2D eigenvalue weighted by Crippen LogP contribution is 2.16. The minimum Gasteiger partial charge on any atom is -0.351 e. The molecule has 0 aliphatic heterocycles. The summed E-state index contributed by atoms with van der Waals surface area (Å²) in [5.74, 6) is -0.417. The zero-order chi connectivity index (χ0) is 18.4. The van der Waals surface area contributed by atoms with E-state index in [-0.39, 0.29) is 23.7 Å². The summed E-state index contributed by atoms with van der Waals surface area (Å²) in [5, 5.41) is 13.4. The van der Waals surface area contributed by atoms with Crippen LogP contribution >= 0.6 is 11.6 Å². The molecule has 0 saturated heterocycles. The number of rotatable bonds is 7. The van der Waals surface area contributed by atoms with Crippen molar-refractivity contribution in [2.45, 2.75) is 4.90 Å². The van der Waals surface area contributed by atoms with Crippen molar-refractivity contribution in [1.82, 2.24) is 10.0 Å². The van der Waals surface area contributed by atoms with Crippen LogP contribution in [-0.2, 0) is 10.0 Å². The summed E-state index contributed by atoms with van der Waals surface area (Å²) >= 11 is 5.90. The van der Waals surface area contributed by atoms with Gasteiger partial charge < -0.3 is 5.32 Å². The molecule has 0 saturated carbocycles. The molecule has 0 fully saturated rings. The fraction of sp³-hybridized carbons (Fsp3) is 0.133. The van der Waals surface area contributed by atoms with Crippen molar-refractivity contribution in [3.63, 3.8) is 0 Å². The molecule has 2 N–H and O–H groups in total. The standard InChI is InChI=1S/C15H14ClN3O5S/c16-14-4-2-1-3-13(14)15(20)17-9-10-18-25(23,24)12-7-5-11(6-8-12)19(21)22/h1-8,18H,9-10H2,(H,17,20). The van der Waals surface area contributed by atoms with Gasteiger partial charge in [-0.15, -0.1) is 0 Å². The number of carbonyl (C=O) groups is 1. The Morgan fingerprint density at radius 2 is 1.72 bits per heavy atom. The minimum atomic E-state index is -3.82. The van der Waals surface area contributed by atoms with E-state index < -0.39 is 20.9 Å². The van der Waals surface area contributed by atoms with Crippen molar-refractivity contribution in [2.24, 2.45) is 0 Å². The van der Waals surface area contributed by atoms with E-state index >= 15 is 0 Å². The van der Waals surface area contributed by atoms with Gasteiger partial charge >= 0.3 is 0 Å². The molecule has 10 heteroatoms. The van der Waals surface area contributed by atoms with Gasteiger partial charge in [-0.3, -0.25) is 14.9 Å². The third-order valence-electron chi connectivity index (χ3n) is 3.18. The van der Waals surface area contributed by atoms with Crippen molar-refractivity contribution >= 4 is 33.2 Å². The lowest BCUT2D eigenvalue weighted by atomic mass is 10.2. The Kier molecular flexibility index (Phi) is 6.07. The molecule has 0 bridgehead atoms. The predicted octanol–water partition coefficient (Wildman–Crippen LogP) is 1.96. The molecule has 0 aliphatic rings. The molecule has 0 unspecified atom stereocenters. The molecular formula is C15H14ClN3O5S. The summed E-state index contributed by atoms with van der Waals surface area (Å²) < 4.78 is 26.4. The van der Waals surface area contributed by atoms with Gasteiger partial charge in [0.15, 0.2) is 0 Å². The maximum Gasteiger partial charge on any atom is 0.269 e. The molecule has 0 heterocycles. The van der Waals surface area contributed by atoms with E-state index in [1.807, 2.05) is 0 Å².